The standard InChI is InChI=1S/C24H16N6OS/c1-13(31)21-5-6-22(32-21)17-11-25-12-20-15(17)9-19(28-20)23-16-8-14(10-27-24(16)30-29-23)18-4-2-3-7-26-18/h2-12,28H,1H3,(H,27,29,30). The second-order valence-electron chi connectivity index (χ2n) is 7.46. The van der Waals surface area contributed by atoms with Crippen molar-refractivity contribution in [1.29, 1.82) is 0 Å². The number of aromatic nitrogens is 6. The summed E-state index contributed by atoms with van der Waals surface area (Å²) in [5, 5.41) is 9.43. The van der Waals surface area contributed by atoms with E-state index in [1.165, 1.54) is 11.3 Å². The predicted octanol–water partition coefficient (Wildman–Crippen LogP) is 5.49. The number of carbonyl (C=O) groups is 1. The molecular formula is C24H16N6OS. The van der Waals surface area contributed by atoms with E-state index in [0.717, 1.165) is 54.3 Å². The lowest BCUT2D eigenvalue weighted by Crippen LogP contribution is -1.85. The van der Waals surface area contributed by atoms with Gasteiger partial charge in [0.2, 0.25) is 0 Å². The second-order valence-corrected chi connectivity index (χ2v) is 8.54. The Balaban J connectivity index is 1.49. The normalized spacial score (nSPS) is 11.4. The maximum atomic E-state index is 11.7. The van der Waals surface area contributed by atoms with Gasteiger partial charge in [-0.3, -0.25) is 19.9 Å². The number of Topliss-reactive ketones (excluding diaryl/α,β-unsaturated/α-hetero) is 1. The van der Waals surface area contributed by atoms with Gasteiger partial charge in [0, 0.05) is 45.4 Å². The van der Waals surface area contributed by atoms with Crippen molar-refractivity contribution in [3.8, 4) is 33.1 Å². The van der Waals surface area contributed by atoms with Gasteiger partial charge in [-0.2, -0.15) is 5.10 Å². The number of hydrogen-bond donors (Lipinski definition) is 2. The molecule has 0 aliphatic rings. The maximum absolute atomic E-state index is 11.7. The Morgan fingerprint density at radius 3 is 2.75 bits per heavy atom. The number of H-pyrrole nitrogens is 2. The monoisotopic (exact) mass is 436 g/mol. The topological polar surface area (TPSA) is 100 Å². The summed E-state index contributed by atoms with van der Waals surface area (Å²) in [7, 11) is 0. The highest BCUT2D eigenvalue weighted by molar-refractivity contribution is 7.17. The van der Waals surface area contributed by atoms with E-state index in [2.05, 4.69) is 36.2 Å². The quantitative estimate of drug-likeness (QED) is 0.356. The average Bonchev–Trinajstić information content (AvgIpc) is 3.56. The van der Waals surface area contributed by atoms with Crippen LogP contribution in [0.3, 0.4) is 0 Å². The molecule has 0 bridgehead atoms. The van der Waals surface area contributed by atoms with Crippen LogP contribution in [0.25, 0.3) is 55.0 Å². The van der Waals surface area contributed by atoms with Crippen LogP contribution in [0.5, 0.6) is 0 Å². The van der Waals surface area contributed by atoms with Crippen molar-refractivity contribution in [1.82, 2.24) is 30.1 Å². The third-order valence-electron chi connectivity index (χ3n) is 5.40. The highest BCUT2D eigenvalue weighted by Crippen LogP contribution is 2.36. The molecule has 0 radical (unpaired) electrons. The Bertz CT molecular complexity index is 1610. The summed E-state index contributed by atoms with van der Waals surface area (Å²) >= 11 is 1.48. The first-order chi connectivity index (χ1) is 15.7. The Hall–Kier alpha value is -4.17. The van der Waals surface area contributed by atoms with Gasteiger partial charge in [-0.25, -0.2) is 4.98 Å². The van der Waals surface area contributed by atoms with Crippen molar-refractivity contribution >= 4 is 39.1 Å². The number of hydrogen-bond acceptors (Lipinski definition) is 6. The Labute approximate surface area is 186 Å². The SMILES string of the molecule is CC(=O)c1ccc(-c2cncc3[nH]c(-c4[nH]nc5ncc(-c6ccccn6)cc45)cc23)s1. The number of nitrogens with zero attached hydrogens (tertiary/aromatic N) is 4. The smallest absolute Gasteiger partial charge is 0.181 e. The molecule has 6 aromatic rings. The lowest BCUT2D eigenvalue weighted by atomic mass is 10.1. The van der Waals surface area contributed by atoms with E-state index >= 15 is 0 Å². The molecule has 6 rings (SSSR count). The van der Waals surface area contributed by atoms with Gasteiger partial charge in [0.15, 0.2) is 11.4 Å². The maximum Gasteiger partial charge on any atom is 0.181 e. The number of rotatable bonds is 4. The minimum absolute atomic E-state index is 0.0660. The fourth-order valence-corrected chi connectivity index (χ4v) is 4.76. The third-order valence-corrected chi connectivity index (χ3v) is 6.62. The first kappa shape index (κ1) is 18.6. The molecule has 0 spiro atoms. The molecule has 154 valence electrons. The molecule has 0 amide bonds. The van der Waals surface area contributed by atoms with Crippen LogP contribution < -0.4 is 0 Å². The molecular weight excluding hydrogens is 420 g/mol. The third kappa shape index (κ3) is 3.00. The zero-order valence-corrected chi connectivity index (χ0v) is 17.8. The van der Waals surface area contributed by atoms with Crippen molar-refractivity contribution in [3.05, 3.63) is 72.1 Å². The van der Waals surface area contributed by atoms with Gasteiger partial charge in [-0.15, -0.1) is 11.3 Å². The first-order valence-electron chi connectivity index (χ1n) is 10.0. The van der Waals surface area contributed by atoms with Crippen LogP contribution in [0.15, 0.2) is 67.3 Å². The molecule has 7 nitrogen and oxygen atoms in total. The van der Waals surface area contributed by atoms with E-state index in [1.807, 2.05) is 42.6 Å². The highest BCUT2D eigenvalue weighted by Gasteiger charge is 2.16. The molecule has 0 atom stereocenters. The fourth-order valence-electron chi connectivity index (χ4n) is 3.83. The molecule has 6 aromatic heterocycles. The van der Waals surface area contributed by atoms with Gasteiger partial charge in [-0.1, -0.05) is 6.07 Å². The number of ketones is 1. The van der Waals surface area contributed by atoms with Gasteiger partial charge >= 0.3 is 0 Å². The summed E-state index contributed by atoms with van der Waals surface area (Å²) < 4.78 is 0. The van der Waals surface area contributed by atoms with Crippen LogP contribution in [0.4, 0.5) is 0 Å². The lowest BCUT2D eigenvalue weighted by molar-refractivity contribution is 0.102. The number of carbonyl (C=O) groups excluding carboxylic acids is 1. The van der Waals surface area contributed by atoms with E-state index in [-0.39, 0.29) is 5.78 Å². The summed E-state index contributed by atoms with van der Waals surface area (Å²) in [6.45, 7) is 1.58. The van der Waals surface area contributed by atoms with Gasteiger partial charge in [-0.05, 0) is 43.3 Å². The van der Waals surface area contributed by atoms with Crippen LogP contribution >= 0.6 is 11.3 Å². The molecule has 0 unspecified atom stereocenters. The van der Waals surface area contributed by atoms with Crippen molar-refractivity contribution in [2.45, 2.75) is 6.92 Å². The van der Waals surface area contributed by atoms with Gasteiger partial charge in [0.1, 0.15) is 0 Å². The zero-order chi connectivity index (χ0) is 21.7. The Kier molecular flexibility index (Phi) is 4.19. The van der Waals surface area contributed by atoms with Gasteiger partial charge < -0.3 is 4.98 Å². The van der Waals surface area contributed by atoms with Crippen LogP contribution in [0, 0.1) is 0 Å². The number of pyridine rings is 3. The number of fused-ring (bicyclic) bond motifs is 2. The molecule has 2 N–H and O–H groups in total. The van der Waals surface area contributed by atoms with E-state index < -0.39 is 0 Å². The van der Waals surface area contributed by atoms with E-state index in [0.29, 0.717) is 5.65 Å². The molecule has 0 fully saturated rings. The van der Waals surface area contributed by atoms with Gasteiger partial charge in [0.05, 0.1) is 33.7 Å². The number of aromatic amines is 2. The minimum Gasteiger partial charge on any atom is -0.352 e. The molecule has 8 heteroatoms. The largest absolute Gasteiger partial charge is 0.352 e. The van der Waals surface area contributed by atoms with Crippen LogP contribution in [0.1, 0.15) is 16.6 Å². The summed E-state index contributed by atoms with van der Waals surface area (Å²) in [5.41, 5.74) is 6.06. The van der Waals surface area contributed by atoms with Gasteiger partial charge in [0.25, 0.3) is 0 Å². The highest BCUT2D eigenvalue weighted by atomic mass is 32.1. The average molecular weight is 437 g/mol. The van der Waals surface area contributed by atoms with Crippen molar-refractivity contribution in [3.63, 3.8) is 0 Å². The molecule has 0 saturated carbocycles. The summed E-state index contributed by atoms with van der Waals surface area (Å²) in [4.78, 5) is 30.3. The Morgan fingerprint density at radius 2 is 1.94 bits per heavy atom. The second kappa shape index (κ2) is 7.21. The molecule has 0 aliphatic heterocycles. The minimum atomic E-state index is 0.0660. The lowest BCUT2D eigenvalue weighted by Gasteiger charge is -2.00. The van der Waals surface area contributed by atoms with E-state index in [4.69, 9.17) is 0 Å². The predicted molar refractivity (Wildman–Crippen MR) is 126 cm³/mol. The molecule has 6 heterocycles. The molecule has 32 heavy (non-hydrogen) atoms. The van der Waals surface area contributed by atoms with E-state index in [9.17, 15) is 4.79 Å². The summed E-state index contributed by atoms with van der Waals surface area (Å²) in [6, 6.07) is 13.8. The summed E-state index contributed by atoms with van der Waals surface area (Å²) in [5.74, 6) is 0.0660. The van der Waals surface area contributed by atoms with Crippen LogP contribution in [-0.2, 0) is 0 Å². The zero-order valence-electron chi connectivity index (χ0n) is 17.0. The number of thiophene rings is 1. The molecule has 0 aromatic carbocycles. The molecule has 0 saturated heterocycles. The van der Waals surface area contributed by atoms with Crippen molar-refractivity contribution in [2.24, 2.45) is 0 Å². The number of nitrogens with one attached hydrogen (secondary N) is 2. The fraction of sp³-hybridized carbons (Fsp3) is 0.0417. The Morgan fingerprint density at radius 1 is 1.00 bits per heavy atom. The summed E-state index contributed by atoms with van der Waals surface area (Å²) in [6.07, 6.45) is 7.19. The van der Waals surface area contributed by atoms with Crippen molar-refractivity contribution in [2.75, 3.05) is 0 Å². The van der Waals surface area contributed by atoms with E-state index in [1.54, 1.807) is 25.5 Å². The van der Waals surface area contributed by atoms with Crippen LogP contribution in [-0.4, -0.2) is 35.9 Å². The molecule has 0 aliphatic carbocycles. The van der Waals surface area contributed by atoms with Crippen molar-refractivity contribution < 1.29 is 4.79 Å². The van der Waals surface area contributed by atoms with Crippen LogP contribution in [0.2, 0.25) is 0 Å². The first-order valence-corrected chi connectivity index (χ1v) is 10.8.